The Morgan fingerprint density at radius 1 is 1.10 bits per heavy atom. The van der Waals surface area contributed by atoms with Crippen LogP contribution in [0.3, 0.4) is 0 Å². The number of anilines is 1. The Hall–Kier alpha value is -3.35. The molecule has 2 aromatic carbocycles. The maximum atomic E-state index is 12.8. The van der Waals surface area contributed by atoms with E-state index in [1.54, 1.807) is 55.6 Å². The summed E-state index contributed by atoms with van der Waals surface area (Å²) in [6, 6.07) is 13.8. The molecule has 7 nitrogen and oxygen atoms in total. The van der Waals surface area contributed by atoms with Gasteiger partial charge in [-0.05, 0) is 55.2 Å². The van der Waals surface area contributed by atoms with Crippen LogP contribution in [0.15, 0.2) is 48.5 Å². The number of hydrogen-bond acceptors (Lipinski definition) is 6. The van der Waals surface area contributed by atoms with E-state index in [0.29, 0.717) is 22.7 Å². The first-order chi connectivity index (χ1) is 15.0. The van der Waals surface area contributed by atoms with Gasteiger partial charge in [-0.1, -0.05) is 12.1 Å². The zero-order chi connectivity index (χ0) is 21.5. The van der Waals surface area contributed by atoms with Crippen molar-refractivity contribution >= 4 is 23.3 Å². The van der Waals surface area contributed by atoms with Crippen molar-refractivity contribution in [1.82, 2.24) is 0 Å². The lowest BCUT2D eigenvalue weighted by molar-refractivity contribution is -0.145. The molecule has 2 aliphatic carbocycles. The van der Waals surface area contributed by atoms with E-state index in [1.807, 2.05) is 0 Å². The molecule has 0 spiro atoms. The first kappa shape index (κ1) is 19.6. The van der Waals surface area contributed by atoms with Gasteiger partial charge in [-0.3, -0.25) is 14.4 Å². The van der Waals surface area contributed by atoms with E-state index >= 15 is 0 Å². The number of ketones is 1. The molecule has 7 heteroatoms. The molecule has 2 aromatic rings. The van der Waals surface area contributed by atoms with Gasteiger partial charge in [-0.15, -0.1) is 0 Å². The number of methoxy groups -OCH3 is 1. The molecule has 2 bridgehead atoms. The van der Waals surface area contributed by atoms with E-state index in [1.165, 1.54) is 0 Å². The van der Waals surface area contributed by atoms with Gasteiger partial charge in [0.15, 0.2) is 12.4 Å². The van der Waals surface area contributed by atoms with Crippen LogP contribution in [0.25, 0.3) is 0 Å². The van der Waals surface area contributed by atoms with Crippen LogP contribution in [-0.2, 0) is 14.3 Å². The predicted octanol–water partition coefficient (Wildman–Crippen LogP) is 3.09. The van der Waals surface area contributed by atoms with Crippen molar-refractivity contribution in [3.63, 3.8) is 0 Å². The first-order valence-electron chi connectivity index (χ1n) is 10.4. The van der Waals surface area contributed by atoms with Crippen molar-refractivity contribution < 1.29 is 28.6 Å². The number of esters is 1. The van der Waals surface area contributed by atoms with E-state index < -0.39 is 0 Å². The zero-order valence-corrected chi connectivity index (χ0v) is 17.1. The molecule has 5 atom stereocenters. The quantitative estimate of drug-likeness (QED) is 0.546. The topological polar surface area (TPSA) is 90.9 Å². The highest BCUT2D eigenvalue weighted by Crippen LogP contribution is 2.57. The normalized spacial score (nSPS) is 27.6. The summed E-state index contributed by atoms with van der Waals surface area (Å²) in [5.74, 6) is 0.439. The second kappa shape index (κ2) is 7.72. The van der Waals surface area contributed by atoms with Crippen LogP contribution >= 0.6 is 0 Å². The van der Waals surface area contributed by atoms with Crippen LogP contribution in [-0.4, -0.2) is 37.5 Å². The molecule has 0 aromatic heterocycles. The standard InChI is InChI=1S/C24H23NO6/c1-29-17-4-2-3-13(9-17)19(26)12-30-16-7-5-15(6-8-16)25-23(27)21-14-10-18-20(11-14)31-24(28)22(18)21/h2-9,14,18,20-22H,10-12H2,1H3,(H,25,27)/t14-,18+,20-,21+,22+/m1/s1. The summed E-state index contributed by atoms with van der Waals surface area (Å²) in [6.07, 6.45) is 1.70. The van der Waals surface area contributed by atoms with Crippen molar-refractivity contribution in [3.05, 3.63) is 54.1 Å². The fourth-order valence-electron chi connectivity index (χ4n) is 5.25. The van der Waals surface area contributed by atoms with E-state index in [9.17, 15) is 14.4 Å². The van der Waals surface area contributed by atoms with Crippen molar-refractivity contribution in [2.45, 2.75) is 18.9 Å². The van der Waals surface area contributed by atoms with Gasteiger partial charge in [0.25, 0.3) is 0 Å². The van der Waals surface area contributed by atoms with Gasteiger partial charge in [0.1, 0.15) is 17.6 Å². The van der Waals surface area contributed by atoms with Gasteiger partial charge in [-0.25, -0.2) is 0 Å². The van der Waals surface area contributed by atoms with Crippen LogP contribution in [0, 0.1) is 23.7 Å². The number of amides is 1. The molecule has 160 valence electrons. The Bertz CT molecular complexity index is 1030. The molecular weight excluding hydrogens is 398 g/mol. The summed E-state index contributed by atoms with van der Waals surface area (Å²) >= 11 is 0. The fourth-order valence-corrected chi connectivity index (χ4v) is 5.25. The van der Waals surface area contributed by atoms with Gasteiger partial charge in [0.2, 0.25) is 5.91 Å². The molecule has 3 fully saturated rings. The largest absolute Gasteiger partial charge is 0.497 e. The second-order valence-electron chi connectivity index (χ2n) is 8.38. The maximum absolute atomic E-state index is 12.8. The predicted molar refractivity (Wildman–Crippen MR) is 111 cm³/mol. The van der Waals surface area contributed by atoms with Crippen molar-refractivity contribution in [1.29, 1.82) is 0 Å². The highest BCUT2D eigenvalue weighted by Gasteiger charge is 2.63. The molecule has 0 radical (unpaired) electrons. The van der Waals surface area contributed by atoms with Crippen molar-refractivity contribution in [2.75, 3.05) is 19.0 Å². The summed E-state index contributed by atoms with van der Waals surface area (Å²) in [5, 5.41) is 2.92. The third-order valence-corrected chi connectivity index (χ3v) is 6.67. The number of carbonyl (C=O) groups is 3. The summed E-state index contributed by atoms with van der Waals surface area (Å²) in [4.78, 5) is 37.3. The lowest BCUT2D eigenvalue weighted by Crippen LogP contribution is -2.35. The van der Waals surface area contributed by atoms with Crippen molar-refractivity contribution in [3.8, 4) is 11.5 Å². The molecule has 5 rings (SSSR count). The average Bonchev–Trinajstić information content (AvgIpc) is 3.41. The Morgan fingerprint density at radius 2 is 1.90 bits per heavy atom. The minimum atomic E-state index is -0.312. The van der Waals surface area contributed by atoms with Crippen molar-refractivity contribution in [2.24, 2.45) is 23.7 Å². The maximum Gasteiger partial charge on any atom is 0.310 e. The fraction of sp³-hybridized carbons (Fsp3) is 0.375. The van der Waals surface area contributed by atoms with E-state index in [0.717, 1.165) is 12.8 Å². The number of benzene rings is 2. The summed E-state index contributed by atoms with van der Waals surface area (Å²) in [7, 11) is 1.55. The average molecular weight is 421 g/mol. The number of rotatable bonds is 7. The molecule has 1 N–H and O–H groups in total. The van der Waals surface area contributed by atoms with E-state index in [-0.39, 0.29) is 54.0 Å². The van der Waals surface area contributed by atoms with Crippen LogP contribution < -0.4 is 14.8 Å². The number of ether oxygens (including phenoxy) is 3. The molecule has 1 aliphatic heterocycles. The van der Waals surface area contributed by atoms with Crippen LogP contribution in [0.1, 0.15) is 23.2 Å². The third kappa shape index (κ3) is 3.54. The van der Waals surface area contributed by atoms with Gasteiger partial charge < -0.3 is 19.5 Å². The summed E-state index contributed by atoms with van der Waals surface area (Å²) < 4.78 is 16.1. The Kier molecular flexibility index (Phi) is 4.88. The van der Waals surface area contributed by atoms with E-state index in [4.69, 9.17) is 14.2 Å². The minimum Gasteiger partial charge on any atom is -0.497 e. The molecule has 1 amide bonds. The molecule has 1 saturated heterocycles. The second-order valence-corrected chi connectivity index (χ2v) is 8.38. The van der Waals surface area contributed by atoms with Crippen LogP contribution in [0.2, 0.25) is 0 Å². The number of fused-ring (bicyclic) bond motifs is 1. The van der Waals surface area contributed by atoms with Crippen LogP contribution in [0.4, 0.5) is 5.69 Å². The summed E-state index contributed by atoms with van der Waals surface area (Å²) in [6.45, 7) is -0.102. The molecule has 31 heavy (non-hydrogen) atoms. The van der Waals surface area contributed by atoms with E-state index in [2.05, 4.69) is 5.32 Å². The van der Waals surface area contributed by atoms with Gasteiger partial charge in [0.05, 0.1) is 18.9 Å². The van der Waals surface area contributed by atoms with Gasteiger partial charge in [0, 0.05) is 17.2 Å². The Morgan fingerprint density at radius 3 is 2.68 bits per heavy atom. The summed E-state index contributed by atoms with van der Waals surface area (Å²) in [5.41, 5.74) is 1.14. The third-order valence-electron chi connectivity index (χ3n) is 6.67. The Labute approximate surface area is 179 Å². The molecule has 3 aliphatic rings. The monoisotopic (exact) mass is 421 g/mol. The smallest absolute Gasteiger partial charge is 0.310 e. The number of hydrogen-bond donors (Lipinski definition) is 1. The highest BCUT2D eigenvalue weighted by atomic mass is 16.6. The molecular formula is C24H23NO6. The Balaban J connectivity index is 1.17. The zero-order valence-electron chi connectivity index (χ0n) is 17.1. The molecule has 1 heterocycles. The van der Waals surface area contributed by atoms with Gasteiger partial charge in [-0.2, -0.15) is 0 Å². The number of Topliss-reactive ketones (excluding diaryl/α,β-unsaturated/α-hetero) is 1. The highest BCUT2D eigenvalue weighted by molar-refractivity contribution is 5.98. The van der Waals surface area contributed by atoms with Crippen LogP contribution in [0.5, 0.6) is 11.5 Å². The lowest BCUT2D eigenvalue weighted by Gasteiger charge is -2.23. The van der Waals surface area contributed by atoms with Gasteiger partial charge >= 0.3 is 5.97 Å². The first-order valence-corrected chi connectivity index (χ1v) is 10.4. The number of nitrogens with one attached hydrogen (secondary N) is 1. The molecule has 0 unspecified atom stereocenters. The lowest BCUT2D eigenvalue weighted by atomic mass is 9.79. The number of carbonyl (C=O) groups excluding carboxylic acids is 3. The minimum absolute atomic E-state index is 0.0164. The molecule has 2 saturated carbocycles. The SMILES string of the molecule is COc1cccc(C(=O)COc2ccc(NC(=O)[C@H]3[C@@H]4C[C@@H]5[C@@H]3C(=O)O[C@@H]5C4)cc2)c1.